The van der Waals surface area contributed by atoms with Gasteiger partial charge in [0.2, 0.25) is 0 Å². The van der Waals surface area contributed by atoms with Crippen molar-refractivity contribution >= 4 is 17.9 Å². The van der Waals surface area contributed by atoms with Gasteiger partial charge in [-0.3, -0.25) is 14.4 Å². The number of hydrogen-bond acceptors (Lipinski definition) is 6. The fourth-order valence-corrected chi connectivity index (χ4v) is 8.36. The molecule has 0 saturated carbocycles. The van der Waals surface area contributed by atoms with Gasteiger partial charge in [0.1, 0.15) is 13.2 Å². The van der Waals surface area contributed by atoms with E-state index in [0.29, 0.717) is 19.3 Å². The number of esters is 3. The topological polar surface area (TPSA) is 78.9 Å². The van der Waals surface area contributed by atoms with Crippen LogP contribution >= 0.6 is 0 Å². The highest BCUT2D eigenvalue weighted by atomic mass is 16.6. The third-order valence-corrected chi connectivity index (χ3v) is 12.9. The zero-order valence-electron chi connectivity index (χ0n) is 48.8. The lowest BCUT2D eigenvalue weighted by molar-refractivity contribution is -0.166. The molecule has 0 aromatic carbocycles. The summed E-state index contributed by atoms with van der Waals surface area (Å²) in [6.45, 7) is 6.31. The molecule has 0 bridgehead atoms. The molecule has 0 aliphatic rings. The van der Waals surface area contributed by atoms with E-state index in [0.717, 1.165) is 103 Å². The third-order valence-electron chi connectivity index (χ3n) is 12.9. The zero-order valence-corrected chi connectivity index (χ0v) is 48.8. The maximum absolute atomic E-state index is 12.8. The fourth-order valence-electron chi connectivity index (χ4n) is 8.36. The molecule has 6 heteroatoms. The Hall–Kier alpha value is -4.19. The molecule has 75 heavy (non-hydrogen) atoms. The minimum atomic E-state index is -0.830. The van der Waals surface area contributed by atoms with Crippen molar-refractivity contribution in [2.75, 3.05) is 13.2 Å². The predicted octanol–water partition coefficient (Wildman–Crippen LogP) is 21.2. The summed E-state index contributed by atoms with van der Waals surface area (Å²) in [6, 6.07) is 0. The summed E-state index contributed by atoms with van der Waals surface area (Å²) in [5.41, 5.74) is 0. The second-order valence-electron chi connectivity index (χ2n) is 20.2. The van der Waals surface area contributed by atoms with Crippen molar-refractivity contribution in [3.05, 3.63) is 122 Å². The Balaban J connectivity index is 4.22. The van der Waals surface area contributed by atoms with Crippen molar-refractivity contribution in [2.24, 2.45) is 0 Å². The first kappa shape index (κ1) is 70.8. The van der Waals surface area contributed by atoms with Gasteiger partial charge in [0, 0.05) is 19.3 Å². The first-order valence-corrected chi connectivity index (χ1v) is 31.0. The zero-order chi connectivity index (χ0) is 54.3. The number of hydrogen-bond donors (Lipinski definition) is 0. The van der Waals surface area contributed by atoms with Crippen LogP contribution in [0.25, 0.3) is 0 Å². The number of unbranched alkanes of at least 4 members (excludes halogenated alkanes) is 24. The lowest BCUT2D eigenvalue weighted by Gasteiger charge is -2.18. The highest BCUT2D eigenvalue weighted by Gasteiger charge is 2.19. The summed E-state index contributed by atoms with van der Waals surface area (Å²) >= 11 is 0. The van der Waals surface area contributed by atoms with E-state index in [-0.39, 0.29) is 31.6 Å². The highest BCUT2D eigenvalue weighted by Crippen LogP contribution is 2.16. The van der Waals surface area contributed by atoms with E-state index in [2.05, 4.69) is 130 Å². The molecule has 0 aliphatic heterocycles. The van der Waals surface area contributed by atoms with Crippen molar-refractivity contribution in [3.8, 4) is 0 Å². The summed E-state index contributed by atoms with van der Waals surface area (Å²) in [5.74, 6) is -1.03. The average Bonchev–Trinajstić information content (AvgIpc) is 3.41. The lowest BCUT2D eigenvalue weighted by Crippen LogP contribution is -2.30. The minimum absolute atomic E-state index is 0.117. The van der Waals surface area contributed by atoms with E-state index in [1.807, 2.05) is 12.2 Å². The van der Waals surface area contributed by atoms with Crippen LogP contribution in [0.4, 0.5) is 0 Å². The molecule has 0 spiro atoms. The Morgan fingerprint density at radius 1 is 0.280 bits per heavy atom. The number of carbonyl (C=O) groups excluding carboxylic acids is 3. The van der Waals surface area contributed by atoms with Gasteiger partial charge in [-0.15, -0.1) is 0 Å². The van der Waals surface area contributed by atoms with Crippen LogP contribution in [0.5, 0.6) is 0 Å². The molecule has 1 unspecified atom stereocenters. The maximum Gasteiger partial charge on any atom is 0.306 e. The van der Waals surface area contributed by atoms with E-state index < -0.39 is 12.1 Å². The van der Waals surface area contributed by atoms with Gasteiger partial charge < -0.3 is 14.2 Å². The Kier molecular flexibility index (Phi) is 58.9. The average molecular weight is 1040 g/mol. The number of allylic oxidation sites excluding steroid dienone is 20. The molecule has 0 amide bonds. The molecular weight excluding hydrogens is 925 g/mol. The molecule has 0 aromatic rings. The Morgan fingerprint density at radius 2 is 0.547 bits per heavy atom. The Labute approximate surface area is 462 Å². The maximum atomic E-state index is 12.8. The first-order valence-electron chi connectivity index (χ1n) is 31.0. The van der Waals surface area contributed by atoms with Crippen LogP contribution in [0.2, 0.25) is 0 Å². The van der Waals surface area contributed by atoms with Crippen LogP contribution in [-0.2, 0) is 28.6 Å². The van der Waals surface area contributed by atoms with Gasteiger partial charge >= 0.3 is 17.9 Å². The van der Waals surface area contributed by atoms with Crippen molar-refractivity contribution in [2.45, 2.75) is 284 Å². The fraction of sp³-hybridized carbons (Fsp3) is 0.667. The molecule has 0 N–H and O–H groups in total. The SMILES string of the molecule is CC/C=C\C/C=C\C/C=C\C/C=C\CCC(=O)OC(COC(=O)CCCCC/C=C\C/C=C\C/C=C\CC)COC(=O)CCCCCCCCCCCCCCCCCC/C=C\C/C=C\C/C=C\CCCCCCC. The van der Waals surface area contributed by atoms with Gasteiger partial charge in [-0.1, -0.05) is 264 Å². The lowest BCUT2D eigenvalue weighted by atomic mass is 10.0. The molecule has 0 fully saturated rings. The van der Waals surface area contributed by atoms with E-state index in [4.69, 9.17) is 14.2 Å². The summed E-state index contributed by atoms with van der Waals surface area (Å²) in [5, 5.41) is 0. The second-order valence-corrected chi connectivity index (χ2v) is 20.2. The Morgan fingerprint density at radius 3 is 0.880 bits per heavy atom. The van der Waals surface area contributed by atoms with Crippen LogP contribution in [0.15, 0.2) is 122 Å². The molecule has 6 nitrogen and oxygen atoms in total. The molecule has 1 atom stereocenters. The molecular formula is C69H114O6. The van der Waals surface area contributed by atoms with E-state index in [1.54, 1.807) is 0 Å². The van der Waals surface area contributed by atoms with Crippen LogP contribution < -0.4 is 0 Å². The monoisotopic (exact) mass is 1040 g/mol. The quantitative estimate of drug-likeness (QED) is 0.0261. The standard InChI is InChI=1S/C69H114O6/c1-4-7-10-13-16-19-22-25-26-27-28-29-30-31-32-33-34-35-36-37-38-39-40-41-42-45-47-50-53-56-59-62-68(71)74-65-66(75-69(72)63-60-57-54-51-48-44-24-21-18-15-12-9-6-3)64-73-67(70)61-58-55-52-49-46-43-23-20-17-14-11-8-5-2/h8-9,11-12,17-18,20-22,25,27-28,30-31,43-44,46,48,54,57,66H,4-7,10,13-16,19,23-24,26,29,32-42,45,47,49-53,55-56,58-65H2,1-3H3/b11-8-,12-9-,20-17-,21-18-,25-22-,28-27-,31-30-,46-43-,48-44-,57-54-. The van der Waals surface area contributed by atoms with Crippen molar-refractivity contribution in [1.29, 1.82) is 0 Å². The molecule has 0 heterocycles. The smallest absolute Gasteiger partial charge is 0.306 e. The number of ether oxygens (including phenoxy) is 3. The number of rotatable bonds is 55. The molecule has 0 radical (unpaired) electrons. The van der Waals surface area contributed by atoms with E-state index in [9.17, 15) is 14.4 Å². The molecule has 0 saturated heterocycles. The summed E-state index contributed by atoms with van der Waals surface area (Å²) in [6.07, 6.45) is 86.7. The Bertz CT molecular complexity index is 1570. The van der Waals surface area contributed by atoms with Gasteiger partial charge in [0.15, 0.2) is 6.10 Å². The molecule has 426 valence electrons. The summed E-state index contributed by atoms with van der Waals surface area (Å²) in [7, 11) is 0. The van der Waals surface area contributed by atoms with Gasteiger partial charge in [0.25, 0.3) is 0 Å². The summed E-state index contributed by atoms with van der Waals surface area (Å²) in [4.78, 5) is 38.1. The van der Waals surface area contributed by atoms with Crippen LogP contribution in [0, 0.1) is 0 Å². The van der Waals surface area contributed by atoms with Crippen LogP contribution in [-0.4, -0.2) is 37.2 Å². The molecule has 0 aromatic heterocycles. The number of carbonyl (C=O) groups is 3. The largest absolute Gasteiger partial charge is 0.462 e. The minimum Gasteiger partial charge on any atom is -0.462 e. The van der Waals surface area contributed by atoms with Crippen molar-refractivity contribution < 1.29 is 28.6 Å². The van der Waals surface area contributed by atoms with Gasteiger partial charge in [0.05, 0.1) is 0 Å². The molecule has 0 aliphatic carbocycles. The predicted molar refractivity (Wildman–Crippen MR) is 325 cm³/mol. The first-order chi connectivity index (χ1) is 37.0. The summed E-state index contributed by atoms with van der Waals surface area (Å²) < 4.78 is 16.8. The normalized spacial score (nSPS) is 12.9. The van der Waals surface area contributed by atoms with Crippen molar-refractivity contribution in [3.63, 3.8) is 0 Å². The van der Waals surface area contributed by atoms with E-state index in [1.165, 1.54) is 128 Å². The molecule has 0 rings (SSSR count). The van der Waals surface area contributed by atoms with Gasteiger partial charge in [-0.2, -0.15) is 0 Å². The van der Waals surface area contributed by atoms with Crippen molar-refractivity contribution in [1.82, 2.24) is 0 Å². The second kappa shape index (κ2) is 62.4. The van der Waals surface area contributed by atoms with Gasteiger partial charge in [-0.25, -0.2) is 0 Å². The highest BCUT2D eigenvalue weighted by molar-refractivity contribution is 5.71. The van der Waals surface area contributed by atoms with Gasteiger partial charge in [-0.05, 0) is 116 Å². The van der Waals surface area contributed by atoms with Crippen LogP contribution in [0.3, 0.4) is 0 Å². The van der Waals surface area contributed by atoms with E-state index >= 15 is 0 Å². The third kappa shape index (κ3) is 60.6. The van der Waals surface area contributed by atoms with Crippen LogP contribution in [0.1, 0.15) is 278 Å².